The summed E-state index contributed by atoms with van der Waals surface area (Å²) in [5.74, 6) is -1.13. The molecule has 1 amide bonds. The number of rotatable bonds is 11. The van der Waals surface area contributed by atoms with Crippen LogP contribution in [0.15, 0.2) is 65.8 Å². The van der Waals surface area contributed by atoms with Gasteiger partial charge >= 0.3 is 5.97 Å². The van der Waals surface area contributed by atoms with Crippen LogP contribution in [0.25, 0.3) is 0 Å². The van der Waals surface area contributed by atoms with Crippen LogP contribution in [0.5, 0.6) is 5.75 Å². The van der Waals surface area contributed by atoms with Gasteiger partial charge in [0.15, 0.2) is 0 Å². The third-order valence-electron chi connectivity index (χ3n) is 6.77. The van der Waals surface area contributed by atoms with E-state index in [2.05, 4.69) is 25.3 Å². The van der Waals surface area contributed by atoms with E-state index in [0.717, 1.165) is 18.9 Å². The summed E-state index contributed by atoms with van der Waals surface area (Å²) in [6.07, 6.45) is 4.82. The van der Waals surface area contributed by atoms with Crippen molar-refractivity contribution < 1.29 is 31.9 Å². The van der Waals surface area contributed by atoms with Crippen molar-refractivity contribution in [2.75, 3.05) is 37.0 Å². The van der Waals surface area contributed by atoms with Gasteiger partial charge in [-0.3, -0.25) is 9.59 Å². The molecule has 0 radical (unpaired) electrons. The van der Waals surface area contributed by atoms with Gasteiger partial charge in [0.25, 0.3) is 5.91 Å². The molecule has 3 N–H and O–H groups in total. The number of ether oxygens (including phenoxy) is 2. The van der Waals surface area contributed by atoms with Gasteiger partial charge in [-0.1, -0.05) is 0 Å². The maximum atomic E-state index is 15.2. The number of esters is 1. The summed E-state index contributed by atoms with van der Waals surface area (Å²) in [7, 11) is -2.73. The van der Waals surface area contributed by atoms with Crippen LogP contribution in [0.2, 0.25) is 0 Å². The number of hydrogen-bond donors (Lipinski definition) is 3. The molecule has 1 atom stereocenters. The van der Waals surface area contributed by atoms with Gasteiger partial charge in [-0.05, 0) is 82.1 Å². The van der Waals surface area contributed by atoms with Crippen LogP contribution in [-0.4, -0.2) is 74.7 Å². The van der Waals surface area contributed by atoms with Crippen molar-refractivity contribution in [1.29, 1.82) is 0 Å². The van der Waals surface area contributed by atoms with Crippen molar-refractivity contribution in [3.8, 4) is 5.75 Å². The third-order valence-corrected chi connectivity index (χ3v) is 8.26. The zero-order valence-corrected chi connectivity index (χ0v) is 25.9. The number of aromatic nitrogens is 2. The SMILES string of the molecule is COc1ccc(S(=O)(=O)N[C@@H](CNC(=O)c2ccc(N3CCC(Nc4ncccn4)CC3)c(F)c2)C(=O)OC(C)(C)C)cc1. The Hall–Kier alpha value is -4.30. The van der Waals surface area contributed by atoms with Gasteiger partial charge in [0.2, 0.25) is 16.0 Å². The lowest BCUT2D eigenvalue weighted by Gasteiger charge is -2.34. The monoisotopic (exact) mass is 628 g/mol. The first-order valence-corrected chi connectivity index (χ1v) is 15.6. The number of piperidine rings is 1. The maximum absolute atomic E-state index is 15.2. The quantitative estimate of drug-likeness (QED) is 0.270. The molecule has 1 saturated heterocycles. The van der Waals surface area contributed by atoms with E-state index in [0.29, 0.717) is 30.5 Å². The molecule has 236 valence electrons. The number of sulfonamides is 1. The minimum Gasteiger partial charge on any atom is -0.497 e. The van der Waals surface area contributed by atoms with Gasteiger partial charge < -0.3 is 25.0 Å². The molecule has 0 aliphatic carbocycles. The van der Waals surface area contributed by atoms with Gasteiger partial charge in [0.05, 0.1) is 17.7 Å². The highest BCUT2D eigenvalue weighted by Crippen LogP contribution is 2.25. The Morgan fingerprint density at radius 2 is 1.73 bits per heavy atom. The molecular formula is C30H37FN6O6S. The number of nitrogens with zero attached hydrogens (tertiary/aromatic N) is 3. The number of benzene rings is 2. The van der Waals surface area contributed by atoms with E-state index in [-0.39, 0.29) is 16.5 Å². The van der Waals surface area contributed by atoms with Crippen LogP contribution in [0.1, 0.15) is 44.0 Å². The van der Waals surface area contributed by atoms with Gasteiger partial charge in [-0.25, -0.2) is 22.8 Å². The molecule has 1 fully saturated rings. The highest BCUT2D eigenvalue weighted by molar-refractivity contribution is 7.89. The Morgan fingerprint density at radius 1 is 1.07 bits per heavy atom. The number of carbonyl (C=O) groups is 2. The number of methoxy groups -OCH3 is 1. The van der Waals surface area contributed by atoms with Crippen LogP contribution < -0.4 is 25.0 Å². The predicted octanol–water partition coefficient (Wildman–Crippen LogP) is 3.12. The molecule has 0 spiro atoms. The average molecular weight is 629 g/mol. The van der Waals surface area contributed by atoms with Gasteiger partial charge in [0, 0.05) is 43.6 Å². The second-order valence-corrected chi connectivity index (χ2v) is 13.0. The van der Waals surface area contributed by atoms with E-state index in [4.69, 9.17) is 9.47 Å². The van der Waals surface area contributed by atoms with E-state index in [1.807, 2.05) is 4.90 Å². The fourth-order valence-electron chi connectivity index (χ4n) is 4.58. The molecule has 1 aliphatic rings. The molecule has 0 saturated carbocycles. The summed E-state index contributed by atoms with van der Waals surface area (Å²) in [5.41, 5.74) is -0.524. The summed E-state index contributed by atoms with van der Waals surface area (Å²) in [6, 6.07) is 10.2. The zero-order chi connectivity index (χ0) is 31.9. The van der Waals surface area contributed by atoms with Crippen LogP contribution >= 0.6 is 0 Å². The summed E-state index contributed by atoms with van der Waals surface area (Å²) in [5, 5.41) is 5.81. The zero-order valence-electron chi connectivity index (χ0n) is 25.0. The number of carbonyl (C=O) groups excluding carboxylic acids is 2. The molecular weight excluding hydrogens is 591 g/mol. The van der Waals surface area contributed by atoms with Gasteiger partial charge in [-0.2, -0.15) is 4.72 Å². The van der Waals surface area contributed by atoms with Crippen molar-refractivity contribution in [3.05, 3.63) is 72.3 Å². The molecule has 14 heteroatoms. The molecule has 2 aromatic carbocycles. The molecule has 1 aliphatic heterocycles. The van der Waals surface area contributed by atoms with Gasteiger partial charge in [-0.15, -0.1) is 0 Å². The smallest absolute Gasteiger partial charge is 0.326 e. The molecule has 12 nitrogen and oxygen atoms in total. The number of anilines is 2. The van der Waals surface area contributed by atoms with Crippen molar-refractivity contribution in [1.82, 2.24) is 20.0 Å². The summed E-state index contributed by atoms with van der Waals surface area (Å²) >= 11 is 0. The maximum Gasteiger partial charge on any atom is 0.326 e. The lowest BCUT2D eigenvalue weighted by molar-refractivity contribution is -0.156. The lowest BCUT2D eigenvalue weighted by atomic mass is 10.0. The van der Waals surface area contributed by atoms with E-state index < -0.39 is 45.9 Å². The number of halogens is 1. The molecule has 1 aromatic heterocycles. The molecule has 2 heterocycles. The second-order valence-electron chi connectivity index (χ2n) is 11.2. The summed E-state index contributed by atoms with van der Waals surface area (Å²) in [6.45, 7) is 5.68. The van der Waals surface area contributed by atoms with Crippen molar-refractivity contribution in [2.45, 2.75) is 56.2 Å². The van der Waals surface area contributed by atoms with Gasteiger partial charge in [0.1, 0.15) is 23.2 Å². The first-order valence-electron chi connectivity index (χ1n) is 14.1. The van der Waals surface area contributed by atoms with Crippen LogP contribution in [0.4, 0.5) is 16.0 Å². The van der Waals surface area contributed by atoms with Crippen molar-refractivity contribution >= 4 is 33.5 Å². The number of nitrogens with one attached hydrogen (secondary N) is 3. The molecule has 4 rings (SSSR count). The van der Waals surface area contributed by atoms with E-state index >= 15 is 4.39 Å². The molecule has 3 aromatic rings. The van der Waals surface area contributed by atoms with E-state index in [1.165, 1.54) is 43.5 Å². The highest BCUT2D eigenvalue weighted by atomic mass is 32.2. The lowest BCUT2D eigenvalue weighted by Crippen LogP contribution is -2.50. The molecule has 44 heavy (non-hydrogen) atoms. The highest BCUT2D eigenvalue weighted by Gasteiger charge is 2.31. The van der Waals surface area contributed by atoms with Crippen LogP contribution in [0, 0.1) is 5.82 Å². The van der Waals surface area contributed by atoms with Crippen molar-refractivity contribution in [2.24, 2.45) is 0 Å². The summed E-state index contributed by atoms with van der Waals surface area (Å²) in [4.78, 5) is 36.0. The Kier molecular flexibility index (Phi) is 10.4. The minimum atomic E-state index is -4.18. The standard InChI is InChI=1S/C30H37FN6O6S/c1-30(2,3)43-28(39)25(36-44(40,41)23-9-7-22(42-4)8-10-23)19-34-27(38)20-6-11-26(24(31)18-20)37-16-12-21(13-17-37)35-29-32-14-5-15-33-29/h5-11,14-15,18,21,25,36H,12-13,16-17,19H2,1-4H3,(H,34,38)(H,32,33,35)/t25-/m0/s1. The largest absolute Gasteiger partial charge is 0.497 e. The number of amides is 1. The van der Waals surface area contributed by atoms with E-state index in [1.54, 1.807) is 39.2 Å². The first-order chi connectivity index (χ1) is 20.8. The Bertz CT molecular complexity index is 1540. The predicted molar refractivity (Wildman–Crippen MR) is 163 cm³/mol. The fourth-order valence-corrected chi connectivity index (χ4v) is 5.76. The molecule has 0 unspecified atom stereocenters. The minimum absolute atomic E-state index is 0.0185. The van der Waals surface area contributed by atoms with E-state index in [9.17, 15) is 18.0 Å². The first kappa shape index (κ1) is 32.6. The normalized spacial score (nSPS) is 14.9. The topological polar surface area (TPSA) is 152 Å². The van der Waals surface area contributed by atoms with Crippen molar-refractivity contribution in [3.63, 3.8) is 0 Å². The Balaban J connectivity index is 1.39. The second kappa shape index (κ2) is 14.0. The molecule has 0 bridgehead atoms. The van der Waals surface area contributed by atoms with Crippen LogP contribution in [-0.2, 0) is 19.6 Å². The summed E-state index contributed by atoms with van der Waals surface area (Å²) < 4.78 is 54.0. The third kappa shape index (κ3) is 8.86. The fraction of sp³-hybridized carbons (Fsp3) is 0.400. The Labute approximate surface area is 256 Å². The number of hydrogen-bond acceptors (Lipinski definition) is 10. The average Bonchev–Trinajstić information content (AvgIpc) is 2.99. The Morgan fingerprint density at radius 3 is 2.32 bits per heavy atom. The van der Waals surface area contributed by atoms with Crippen LogP contribution in [0.3, 0.4) is 0 Å².